The molecular weight excluding hydrogens is 400 g/mol. The van der Waals surface area contributed by atoms with Crippen molar-refractivity contribution in [2.24, 2.45) is 0 Å². The van der Waals surface area contributed by atoms with E-state index in [1.165, 1.54) is 0 Å². The summed E-state index contributed by atoms with van der Waals surface area (Å²) in [5.41, 5.74) is 2.10. The fourth-order valence-electron chi connectivity index (χ4n) is 2.88. The van der Waals surface area contributed by atoms with E-state index < -0.39 is 9.84 Å². The zero-order valence-corrected chi connectivity index (χ0v) is 16.7. The largest absolute Gasteiger partial charge is 0.332 e. The predicted octanol–water partition coefficient (Wildman–Crippen LogP) is 3.94. The highest BCUT2D eigenvalue weighted by Crippen LogP contribution is 2.27. The van der Waals surface area contributed by atoms with Crippen LogP contribution in [0.2, 0.25) is 0 Å². The van der Waals surface area contributed by atoms with E-state index in [1.54, 1.807) is 24.3 Å². The number of nitrogens with zero attached hydrogens (tertiary/aromatic N) is 2. The number of rotatable bonds is 6. The molecule has 1 heterocycles. The summed E-state index contributed by atoms with van der Waals surface area (Å²) in [6, 6.07) is 14.6. The van der Waals surface area contributed by atoms with Crippen molar-refractivity contribution in [3.8, 4) is 0 Å². The lowest BCUT2D eigenvalue weighted by molar-refractivity contribution is 0.414. The zero-order valence-electron chi connectivity index (χ0n) is 14.3. The number of likely N-dealkylation sites (N-methyl/N-ethyl adjacent to an activating group) is 1. The van der Waals surface area contributed by atoms with Gasteiger partial charge in [-0.1, -0.05) is 34.1 Å². The minimum atomic E-state index is -3.39. The first-order valence-corrected chi connectivity index (χ1v) is 10.5. The molecule has 3 aromatic rings. The lowest BCUT2D eigenvalue weighted by atomic mass is 10.1. The van der Waals surface area contributed by atoms with Crippen molar-refractivity contribution in [3.05, 3.63) is 64.8 Å². The molecule has 0 saturated carbocycles. The molecule has 0 N–H and O–H groups in total. The second-order valence-corrected chi connectivity index (χ2v) is 9.27. The molecular formula is C19H21BrN2O2S. The molecule has 0 fully saturated rings. The molecule has 1 aromatic heterocycles. The van der Waals surface area contributed by atoms with Gasteiger partial charge in [0.1, 0.15) is 5.88 Å². The van der Waals surface area contributed by atoms with Crippen LogP contribution in [0.4, 0.5) is 0 Å². The first kappa shape index (κ1) is 18.2. The average Bonchev–Trinajstić information content (AvgIpc) is 2.90. The molecule has 3 rings (SSSR count). The molecule has 6 heteroatoms. The van der Waals surface area contributed by atoms with Crippen LogP contribution >= 0.6 is 15.9 Å². The third-order valence-corrected chi connectivity index (χ3v) is 6.27. The summed E-state index contributed by atoms with van der Waals surface area (Å²) in [6.07, 6.45) is 2.85. The zero-order chi connectivity index (χ0) is 18.0. The summed E-state index contributed by atoms with van der Waals surface area (Å²) in [6.45, 7) is 0.914. The molecule has 0 saturated heterocycles. The van der Waals surface area contributed by atoms with Crippen LogP contribution in [0.25, 0.3) is 10.9 Å². The van der Waals surface area contributed by atoms with Crippen molar-refractivity contribution < 1.29 is 8.42 Å². The van der Waals surface area contributed by atoms with Gasteiger partial charge in [-0.2, -0.15) is 0 Å². The highest BCUT2D eigenvalue weighted by molar-refractivity contribution is 9.10. The number of hydrogen-bond donors (Lipinski definition) is 0. The van der Waals surface area contributed by atoms with Gasteiger partial charge in [-0.25, -0.2) is 8.42 Å². The van der Waals surface area contributed by atoms with Crippen molar-refractivity contribution in [2.45, 2.75) is 17.2 Å². The lowest BCUT2D eigenvalue weighted by Crippen LogP contribution is -2.15. The Hall–Kier alpha value is -1.63. The second kappa shape index (κ2) is 7.32. The van der Waals surface area contributed by atoms with Crippen LogP contribution in [-0.4, -0.2) is 38.5 Å². The molecule has 0 bridgehead atoms. The molecule has 0 aliphatic rings. The monoisotopic (exact) mass is 420 g/mol. The number of sulfone groups is 1. The standard InChI is InChI=1S/C19H21BrN2O2S/c1-21(2)11-10-15-13-22(19-9-8-16(20)12-18(15)19)14-25(23,24)17-6-4-3-5-7-17/h3-9,12-13H,10-11,14H2,1-2H3. The van der Waals surface area contributed by atoms with Crippen LogP contribution in [0.3, 0.4) is 0 Å². The van der Waals surface area contributed by atoms with Gasteiger partial charge < -0.3 is 9.47 Å². The molecule has 0 spiro atoms. The first-order chi connectivity index (χ1) is 11.9. The van der Waals surface area contributed by atoms with E-state index in [0.717, 1.165) is 33.9 Å². The molecule has 132 valence electrons. The van der Waals surface area contributed by atoms with Crippen molar-refractivity contribution in [2.75, 3.05) is 20.6 Å². The topological polar surface area (TPSA) is 42.3 Å². The van der Waals surface area contributed by atoms with Gasteiger partial charge in [0.05, 0.1) is 4.90 Å². The van der Waals surface area contributed by atoms with Crippen molar-refractivity contribution >= 4 is 36.7 Å². The fourth-order valence-corrected chi connectivity index (χ4v) is 4.54. The summed E-state index contributed by atoms with van der Waals surface area (Å²) in [5.74, 6) is -0.0584. The third kappa shape index (κ3) is 4.14. The number of hydrogen-bond acceptors (Lipinski definition) is 3. The van der Waals surface area contributed by atoms with Crippen LogP contribution in [0.15, 0.2) is 64.1 Å². The van der Waals surface area contributed by atoms with Crippen LogP contribution < -0.4 is 0 Å². The summed E-state index contributed by atoms with van der Waals surface area (Å²) in [4.78, 5) is 2.48. The van der Waals surface area contributed by atoms with E-state index in [4.69, 9.17) is 0 Å². The molecule has 0 radical (unpaired) electrons. The van der Waals surface area contributed by atoms with Crippen molar-refractivity contribution in [3.63, 3.8) is 0 Å². The van der Waals surface area contributed by atoms with Gasteiger partial charge in [0, 0.05) is 28.1 Å². The van der Waals surface area contributed by atoms with Crippen LogP contribution in [0.5, 0.6) is 0 Å². The highest BCUT2D eigenvalue weighted by Gasteiger charge is 2.18. The number of fused-ring (bicyclic) bond motifs is 1. The molecule has 4 nitrogen and oxygen atoms in total. The van der Waals surface area contributed by atoms with Crippen molar-refractivity contribution in [1.29, 1.82) is 0 Å². The molecule has 0 amide bonds. The highest BCUT2D eigenvalue weighted by atomic mass is 79.9. The smallest absolute Gasteiger partial charge is 0.196 e. The molecule has 0 aliphatic carbocycles. The van der Waals surface area contributed by atoms with E-state index in [1.807, 2.05) is 43.1 Å². The predicted molar refractivity (Wildman–Crippen MR) is 106 cm³/mol. The molecule has 0 unspecified atom stereocenters. The van der Waals surface area contributed by atoms with Crippen LogP contribution in [0.1, 0.15) is 5.56 Å². The Morgan fingerprint density at radius 3 is 2.48 bits per heavy atom. The Bertz CT molecular complexity index is 979. The minimum Gasteiger partial charge on any atom is -0.332 e. The second-order valence-electron chi connectivity index (χ2n) is 6.40. The average molecular weight is 421 g/mol. The van der Waals surface area contributed by atoms with E-state index >= 15 is 0 Å². The lowest BCUT2D eigenvalue weighted by Gasteiger charge is -2.08. The van der Waals surface area contributed by atoms with Crippen molar-refractivity contribution in [1.82, 2.24) is 9.47 Å². The normalized spacial score (nSPS) is 12.2. The number of aromatic nitrogens is 1. The summed E-state index contributed by atoms with van der Waals surface area (Å²) in [7, 11) is 0.681. The quantitative estimate of drug-likeness (QED) is 0.606. The summed E-state index contributed by atoms with van der Waals surface area (Å²) < 4.78 is 28.3. The number of halogens is 1. The fraction of sp³-hybridized carbons (Fsp3) is 0.263. The Balaban J connectivity index is 2.01. The number of benzene rings is 2. The maximum atomic E-state index is 12.7. The van der Waals surface area contributed by atoms with Gasteiger partial charge in [-0.3, -0.25) is 0 Å². The van der Waals surface area contributed by atoms with Gasteiger partial charge in [0.2, 0.25) is 0 Å². The van der Waals surface area contributed by atoms with Gasteiger partial charge in [0.15, 0.2) is 9.84 Å². The van der Waals surface area contributed by atoms with Gasteiger partial charge >= 0.3 is 0 Å². The Morgan fingerprint density at radius 2 is 1.80 bits per heavy atom. The maximum Gasteiger partial charge on any atom is 0.196 e. The van der Waals surface area contributed by atoms with E-state index in [9.17, 15) is 8.42 Å². The van der Waals surface area contributed by atoms with Gasteiger partial charge in [-0.05, 0) is 56.4 Å². The molecule has 0 aliphatic heterocycles. The minimum absolute atomic E-state index is 0.0584. The van der Waals surface area contributed by atoms with E-state index in [0.29, 0.717) is 4.90 Å². The molecule has 2 aromatic carbocycles. The Labute approximate surface area is 157 Å². The Kier molecular flexibility index (Phi) is 5.32. The maximum absolute atomic E-state index is 12.7. The van der Waals surface area contributed by atoms with Gasteiger partial charge in [0.25, 0.3) is 0 Å². The first-order valence-electron chi connectivity index (χ1n) is 8.06. The van der Waals surface area contributed by atoms with E-state index in [-0.39, 0.29) is 5.88 Å². The van der Waals surface area contributed by atoms with Gasteiger partial charge in [-0.15, -0.1) is 0 Å². The third-order valence-electron chi connectivity index (χ3n) is 4.17. The Morgan fingerprint density at radius 1 is 1.08 bits per heavy atom. The SMILES string of the molecule is CN(C)CCc1cn(CS(=O)(=O)c2ccccc2)c2ccc(Br)cc12. The van der Waals surface area contributed by atoms with Crippen LogP contribution in [0, 0.1) is 0 Å². The summed E-state index contributed by atoms with van der Waals surface area (Å²) >= 11 is 3.52. The van der Waals surface area contributed by atoms with Crippen LogP contribution in [-0.2, 0) is 22.1 Å². The van der Waals surface area contributed by atoms with E-state index in [2.05, 4.69) is 26.9 Å². The summed E-state index contributed by atoms with van der Waals surface area (Å²) in [5, 5.41) is 1.10. The molecule has 25 heavy (non-hydrogen) atoms. The molecule has 0 atom stereocenters.